The maximum absolute atomic E-state index is 5.68. The summed E-state index contributed by atoms with van der Waals surface area (Å²) < 4.78 is 8.36. The smallest absolute Gasteiger partial charge is 0.177 e. The van der Waals surface area contributed by atoms with E-state index < -0.39 is 20.2 Å². The van der Waals surface area contributed by atoms with Gasteiger partial charge in [-0.3, -0.25) is 0 Å². The van der Waals surface area contributed by atoms with Crippen LogP contribution in [0.25, 0.3) is 0 Å². The molecule has 0 aliphatic rings. The van der Waals surface area contributed by atoms with Crippen molar-refractivity contribution < 1.29 is 23.3 Å². The van der Waals surface area contributed by atoms with Crippen LogP contribution in [0.1, 0.15) is 0 Å². The largest absolute Gasteiger partial charge is 0.300 e. The first-order chi connectivity index (χ1) is 7.42. The molecule has 2 aromatic carbocycles. The molecule has 0 fully saturated rings. The minimum atomic E-state index is -1.62. The highest BCUT2D eigenvalue weighted by atomic mass is 127. The SMILES string of the molecule is CO[I+](c1ccccc1)c1ccccc1. The molecule has 2 heteroatoms. The van der Waals surface area contributed by atoms with Gasteiger partial charge in [-0.1, -0.05) is 36.4 Å². The van der Waals surface area contributed by atoms with Gasteiger partial charge in [-0.2, -0.15) is 3.07 Å². The Morgan fingerprint density at radius 3 is 1.47 bits per heavy atom. The molecule has 0 saturated carbocycles. The highest BCUT2D eigenvalue weighted by Crippen LogP contribution is 1.87. The minimum Gasteiger partial charge on any atom is -0.177 e. The summed E-state index contributed by atoms with van der Waals surface area (Å²) in [7, 11) is 1.81. The summed E-state index contributed by atoms with van der Waals surface area (Å²) in [6, 6.07) is 21.0. The third-order valence-electron chi connectivity index (χ3n) is 2.02. The van der Waals surface area contributed by atoms with E-state index in [2.05, 4.69) is 48.5 Å². The fourth-order valence-corrected chi connectivity index (χ4v) is 5.24. The van der Waals surface area contributed by atoms with E-state index in [0.717, 1.165) is 0 Å². The Bertz CT molecular complexity index is 360. The van der Waals surface area contributed by atoms with E-state index in [1.54, 1.807) is 0 Å². The zero-order valence-corrected chi connectivity index (χ0v) is 10.7. The van der Waals surface area contributed by atoms with E-state index in [-0.39, 0.29) is 0 Å². The van der Waals surface area contributed by atoms with Gasteiger partial charge in [-0.05, 0) is 24.3 Å². The predicted molar refractivity (Wildman–Crippen MR) is 57.3 cm³/mol. The zero-order chi connectivity index (χ0) is 10.5. The first-order valence-corrected chi connectivity index (χ1v) is 7.80. The average Bonchev–Trinajstić information content (AvgIpc) is 2.33. The number of rotatable bonds is 3. The molecule has 0 aliphatic heterocycles. The third kappa shape index (κ3) is 2.58. The van der Waals surface area contributed by atoms with Crippen molar-refractivity contribution in [2.45, 2.75) is 0 Å². The van der Waals surface area contributed by atoms with Gasteiger partial charge in [-0.25, -0.2) is 0 Å². The summed E-state index contributed by atoms with van der Waals surface area (Å²) in [5, 5.41) is 0. The van der Waals surface area contributed by atoms with E-state index in [4.69, 9.17) is 3.07 Å². The number of hydrogen-bond acceptors (Lipinski definition) is 1. The molecule has 0 atom stereocenters. The second kappa shape index (κ2) is 5.28. The normalized spacial score (nSPS) is 10.5. The Morgan fingerprint density at radius 1 is 0.733 bits per heavy atom. The lowest BCUT2D eigenvalue weighted by molar-refractivity contribution is -1.05. The Balaban J connectivity index is 2.34. The van der Waals surface area contributed by atoms with E-state index in [9.17, 15) is 0 Å². The Hall–Kier alpha value is -0.870. The summed E-state index contributed by atoms with van der Waals surface area (Å²) >= 11 is -1.62. The molecule has 0 heterocycles. The molecule has 0 N–H and O–H groups in total. The topological polar surface area (TPSA) is 9.23 Å². The average molecular weight is 312 g/mol. The fraction of sp³-hybridized carbons (Fsp3) is 0.0769. The standard InChI is InChI=1S/C13H13IO/c1-15-14(12-8-4-2-5-9-12)13-10-6-3-7-11-13/h2-11H,1H3/q+1. The van der Waals surface area contributed by atoms with Crippen LogP contribution >= 0.6 is 0 Å². The molecule has 15 heavy (non-hydrogen) atoms. The van der Waals surface area contributed by atoms with Crippen molar-refractivity contribution in [2.75, 3.05) is 7.11 Å². The molecular weight excluding hydrogens is 299 g/mol. The van der Waals surface area contributed by atoms with Gasteiger partial charge in [0.15, 0.2) is 7.14 Å². The van der Waals surface area contributed by atoms with Crippen molar-refractivity contribution in [3.8, 4) is 0 Å². The second-order valence-corrected chi connectivity index (χ2v) is 7.79. The Morgan fingerprint density at radius 2 is 1.13 bits per heavy atom. The molecule has 2 aromatic rings. The molecule has 1 radical (unpaired) electrons. The molecule has 0 unspecified atom stereocenters. The molecule has 0 bridgehead atoms. The van der Waals surface area contributed by atoms with Crippen LogP contribution < -0.4 is 20.2 Å². The van der Waals surface area contributed by atoms with Crippen LogP contribution in [-0.2, 0) is 3.07 Å². The van der Waals surface area contributed by atoms with Gasteiger partial charge in [0, 0.05) is 0 Å². The minimum absolute atomic E-state index is 1.34. The van der Waals surface area contributed by atoms with Gasteiger partial charge >= 0.3 is 20.2 Å². The molecule has 77 valence electrons. The van der Waals surface area contributed by atoms with Crippen LogP contribution in [0.15, 0.2) is 60.7 Å². The molecule has 0 spiro atoms. The van der Waals surface area contributed by atoms with Crippen molar-refractivity contribution in [3.63, 3.8) is 0 Å². The van der Waals surface area contributed by atoms with Crippen LogP contribution in [0, 0.1) is 7.14 Å². The van der Waals surface area contributed by atoms with Crippen molar-refractivity contribution in [1.29, 1.82) is 0 Å². The van der Waals surface area contributed by atoms with Gasteiger partial charge in [-0.15, -0.1) is 0 Å². The first kappa shape index (κ1) is 10.6. The van der Waals surface area contributed by atoms with Crippen LogP contribution in [0.2, 0.25) is 0 Å². The van der Waals surface area contributed by atoms with Gasteiger partial charge in [0.25, 0.3) is 0 Å². The maximum Gasteiger partial charge on any atom is 0.300 e. The number of halogens is 1. The molecule has 0 aliphatic carbocycles. The molecule has 0 saturated heterocycles. The summed E-state index contributed by atoms with van der Waals surface area (Å²) in [5.74, 6) is 0. The Kier molecular flexibility index (Phi) is 3.75. The fourth-order valence-electron chi connectivity index (χ4n) is 1.36. The lowest BCUT2D eigenvalue weighted by atomic mass is 10.4. The number of hydrogen-bond donors (Lipinski definition) is 0. The third-order valence-corrected chi connectivity index (χ3v) is 6.60. The summed E-state index contributed by atoms with van der Waals surface area (Å²) in [6.45, 7) is 0. The van der Waals surface area contributed by atoms with Gasteiger partial charge in [0.1, 0.15) is 0 Å². The van der Waals surface area contributed by atoms with E-state index in [1.165, 1.54) is 7.14 Å². The van der Waals surface area contributed by atoms with Crippen LogP contribution in [0.4, 0.5) is 0 Å². The van der Waals surface area contributed by atoms with Crippen LogP contribution in [0.5, 0.6) is 0 Å². The van der Waals surface area contributed by atoms with Gasteiger partial charge < -0.3 is 0 Å². The molecule has 0 aromatic heterocycles. The van der Waals surface area contributed by atoms with E-state index in [1.807, 2.05) is 19.2 Å². The molecular formula is C13H13IO+. The predicted octanol–water partition coefficient (Wildman–Crippen LogP) is -0.0879. The quantitative estimate of drug-likeness (QED) is 0.720. The monoisotopic (exact) mass is 312 g/mol. The van der Waals surface area contributed by atoms with Crippen molar-refractivity contribution in [1.82, 2.24) is 0 Å². The van der Waals surface area contributed by atoms with Gasteiger partial charge in [0.2, 0.25) is 0 Å². The van der Waals surface area contributed by atoms with Crippen molar-refractivity contribution >= 4 is 0 Å². The van der Waals surface area contributed by atoms with Crippen molar-refractivity contribution in [3.05, 3.63) is 67.8 Å². The van der Waals surface area contributed by atoms with E-state index in [0.29, 0.717) is 0 Å². The molecule has 0 amide bonds. The second-order valence-electron chi connectivity index (χ2n) is 2.99. The van der Waals surface area contributed by atoms with Gasteiger partial charge in [0.05, 0.1) is 7.11 Å². The maximum atomic E-state index is 5.68. The van der Waals surface area contributed by atoms with E-state index >= 15 is 0 Å². The van der Waals surface area contributed by atoms with Crippen molar-refractivity contribution in [2.24, 2.45) is 0 Å². The first-order valence-electron chi connectivity index (χ1n) is 4.76. The summed E-state index contributed by atoms with van der Waals surface area (Å²) in [4.78, 5) is 0. The molecule has 2 rings (SSSR count). The highest BCUT2D eigenvalue weighted by molar-refractivity contribution is 5.03. The molecule has 1 nitrogen and oxygen atoms in total. The van der Waals surface area contributed by atoms with Crippen LogP contribution in [0.3, 0.4) is 0 Å². The Labute approximate surface area is 98.0 Å². The van der Waals surface area contributed by atoms with Crippen LogP contribution in [-0.4, -0.2) is 7.11 Å². The number of benzene rings is 2. The lowest BCUT2D eigenvalue weighted by Gasteiger charge is -2.00. The highest BCUT2D eigenvalue weighted by Gasteiger charge is 2.27. The lowest BCUT2D eigenvalue weighted by Crippen LogP contribution is -3.85. The summed E-state index contributed by atoms with van der Waals surface area (Å²) in [5.41, 5.74) is 0. The zero-order valence-electron chi connectivity index (χ0n) is 8.56. The summed E-state index contributed by atoms with van der Waals surface area (Å²) in [6.07, 6.45) is 0.